The number of fused-ring (bicyclic) bond motifs is 1. The first kappa shape index (κ1) is 14.3. The molecule has 4 nitrogen and oxygen atoms in total. The van der Waals surface area contributed by atoms with Gasteiger partial charge in [-0.25, -0.2) is 0 Å². The number of nitrogen functional groups attached to an aromatic ring is 1. The molecule has 0 saturated heterocycles. The Morgan fingerprint density at radius 2 is 1.95 bits per heavy atom. The van der Waals surface area contributed by atoms with Crippen molar-refractivity contribution in [3.05, 3.63) is 42.0 Å². The van der Waals surface area contributed by atoms with Gasteiger partial charge in [-0.15, -0.1) is 0 Å². The maximum absolute atomic E-state index is 12.2. The number of benzene rings is 2. The normalized spacial score (nSPS) is 12.3. The van der Waals surface area contributed by atoms with Crippen LogP contribution >= 0.6 is 0 Å². The molecule has 20 heavy (non-hydrogen) atoms. The van der Waals surface area contributed by atoms with Crippen LogP contribution in [0.1, 0.15) is 24.2 Å². The number of rotatable bonds is 5. The van der Waals surface area contributed by atoms with Crippen molar-refractivity contribution in [3.8, 4) is 0 Å². The van der Waals surface area contributed by atoms with E-state index in [0.717, 1.165) is 10.8 Å². The van der Waals surface area contributed by atoms with Gasteiger partial charge in [0.15, 0.2) is 0 Å². The zero-order valence-electron chi connectivity index (χ0n) is 11.8. The molecule has 2 rings (SSSR count). The Labute approximate surface area is 118 Å². The van der Waals surface area contributed by atoms with Gasteiger partial charge in [0.25, 0.3) is 5.91 Å². The van der Waals surface area contributed by atoms with Crippen molar-refractivity contribution in [2.24, 2.45) is 0 Å². The predicted molar refractivity (Wildman–Crippen MR) is 81.8 cm³/mol. The average Bonchev–Trinajstić information content (AvgIpc) is 2.44. The van der Waals surface area contributed by atoms with Crippen molar-refractivity contribution >= 4 is 22.4 Å². The van der Waals surface area contributed by atoms with Gasteiger partial charge < -0.3 is 15.8 Å². The standard InChI is InChI=1S/C16H20N2O2/c1-3-20-10-11(2)18-16(19)14-8-12-6-4-5-7-13(12)9-15(14)17/h4-9,11H,3,10,17H2,1-2H3,(H,18,19). The van der Waals surface area contributed by atoms with Gasteiger partial charge in [0.2, 0.25) is 0 Å². The highest BCUT2D eigenvalue weighted by Gasteiger charge is 2.13. The van der Waals surface area contributed by atoms with Crippen LogP contribution in [-0.2, 0) is 4.74 Å². The summed E-state index contributed by atoms with van der Waals surface area (Å²) in [5.74, 6) is -0.166. The Bertz CT molecular complexity index is 610. The van der Waals surface area contributed by atoms with Crippen molar-refractivity contribution in [2.75, 3.05) is 18.9 Å². The number of hydrogen-bond acceptors (Lipinski definition) is 3. The minimum Gasteiger partial charge on any atom is -0.398 e. The Morgan fingerprint density at radius 3 is 2.60 bits per heavy atom. The summed E-state index contributed by atoms with van der Waals surface area (Å²) in [7, 11) is 0. The summed E-state index contributed by atoms with van der Waals surface area (Å²) in [4.78, 5) is 12.2. The van der Waals surface area contributed by atoms with Crippen LogP contribution in [0.25, 0.3) is 10.8 Å². The van der Waals surface area contributed by atoms with Crippen LogP contribution in [0.5, 0.6) is 0 Å². The highest BCUT2D eigenvalue weighted by atomic mass is 16.5. The van der Waals surface area contributed by atoms with E-state index in [1.54, 1.807) is 0 Å². The second kappa shape index (κ2) is 6.39. The molecule has 0 spiro atoms. The molecule has 1 atom stereocenters. The number of amides is 1. The maximum atomic E-state index is 12.2. The van der Waals surface area contributed by atoms with E-state index in [9.17, 15) is 4.79 Å². The molecular weight excluding hydrogens is 252 g/mol. The topological polar surface area (TPSA) is 64.3 Å². The van der Waals surface area contributed by atoms with Crippen LogP contribution in [-0.4, -0.2) is 25.2 Å². The Hall–Kier alpha value is -2.07. The van der Waals surface area contributed by atoms with Crippen molar-refractivity contribution in [2.45, 2.75) is 19.9 Å². The van der Waals surface area contributed by atoms with Crippen LogP contribution in [0, 0.1) is 0 Å². The molecule has 0 aliphatic carbocycles. The number of nitrogens with one attached hydrogen (secondary N) is 1. The molecule has 0 bridgehead atoms. The highest BCUT2D eigenvalue weighted by molar-refractivity contribution is 6.04. The van der Waals surface area contributed by atoms with E-state index in [2.05, 4.69) is 5.32 Å². The molecule has 2 aromatic rings. The van der Waals surface area contributed by atoms with Crippen molar-refractivity contribution < 1.29 is 9.53 Å². The van der Waals surface area contributed by atoms with Crippen LogP contribution in [0.15, 0.2) is 36.4 Å². The molecule has 0 aromatic heterocycles. The number of carbonyl (C=O) groups is 1. The number of hydrogen-bond donors (Lipinski definition) is 2. The second-order valence-corrected chi connectivity index (χ2v) is 4.82. The molecule has 0 aliphatic heterocycles. The molecule has 0 fully saturated rings. The Morgan fingerprint density at radius 1 is 1.30 bits per heavy atom. The van der Waals surface area contributed by atoms with Crippen molar-refractivity contribution in [3.63, 3.8) is 0 Å². The largest absolute Gasteiger partial charge is 0.398 e. The molecule has 0 heterocycles. The van der Waals surface area contributed by atoms with Gasteiger partial charge in [0, 0.05) is 18.3 Å². The molecule has 0 saturated carbocycles. The minimum atomic E-state index is -0.166. The first-order valence-electron chi connectivity index (χ1n) is 6.78. The first-order chi connectivity index (χ1) is 9.61. The smallest absolute Gasteiger partial charge is 0.253 e. The summed E-state index contributed by atoms with van der Waals surface area (Å²) in [5.41, 5.74) is 6.97. The second-order valence-electron chi connectivity index (χ2n) is 4.82. The lowest BCUT2D eigenvalue weighted by molar-refractivity contribution is 0.0873. The van der Waals surface area contributed by atoms with Gasteiger partial charge in [-0.05, 0) is 36.8 Å². The number of nitrogens with two attached hydrogens (primary N) is 1. The van der Waals surface area contributed by atoms with Crippen molar-refractivity contribution in [1.82, 2.24) is 5.32 Å². The third-order valence-corrected chi connectivity index (χ3v) is 3.11. The first-order valence-corrected chi connectivity index (χ1v) is 6.78. The van der Waals surface area contributed by atoms with Crippen LogP contribution < -0.4 is 11.1 Å². The molecule has 2 aromatic carbocycles. The molecule has 1 amide bonds. The summed E-state index contributed by atoms with van der Waals surface area (Å²) in [6.45, 7) is 4.97. The van der Waals surface area contributed by atoms with E-state index < -0.39 is 0 Å². The molecule has 1 unspecified atom stereocenters. The predicted octanol–water partition coefficient (Wildman–Crippen LogP) is 2.58. The van der Waals surface area contributed by atoms with E-state index in [1.807, 2.05) is 50.2 Å². The third-order valence-electron chi connectivity index (χ3n) is 3.11. The van der Waals surface area contributed by atoms with Crippen LogP contribution in [0.3, 0.4) is 0 Å². The van der Waals surface area contributed by atoms with Gasteiger partial charge in [0.05, 0.1) is 12.2 Å². The fourth-order valence-corrected chi connectivity index (χ4v) is 2.09. The van der Waals surface area contributed by atoms with Gasteiger partial charge in [-0.1, -0.05) is 24.3 Å². The quantitative estimate of drug-likeness (QED) is 0.822. The molecule has 106 valence electrons. The fourth-order valence-electron chi connectivity index (χ4n) is 2.09. The number of carbonyl (C=O) groups excluding carboxylic acids is 1. The molecule has 3 N–H and O–H groups in total. The molecular formula is C16H20N2O2. The third kappa shape index (κ3) is 3.27. The zero-order chi connectivity index (χ0) is 14.5. The monoisotopic (exact) mass is 272 g/mol. The highest BCUT2D eigenvalue weighted by Crippen LogP contribution is 2.21. The SMILES string of the molecule is CCOCC(C)NC(=O)c1cc2ccccc2cc1N. The lowest BCUT2D eigenvalue weighted by Crippen LogP contribution is -2.36. The summed E-state index contributed by atoms with van der Waals surface area (Å²) in [6, 6.07) is 11.4. The molecule has 0 aliphatic rings. The van der Waals surface area contributed by atoms with Crippen LogP contribution in [0.2, 0.25) is 0 Å². The number of ether oxygens (including phenoxy) is 1. The van der Waals surface area contributed by atoms with E-state index in [4.69, 9.17) is 10.5 Å². The fraction of sp³-hybridized carbons (Fsp3) is 0.312. The summed E-state index contributed by atoms with van der Waals surface area (Å²) < 4.78 is 5.29. The van der Waals surface area contributed by atoms with Gasteiger partial charge in [-0.3, -0.25) is 4.79 Å². The van der Waals surface area contributed by atoms with Gasteiger partial charge in [-0.2, -0.15) is 0 Å². The van der Waals surface area contributed by atoms with Crippen LogP contribution in [0.4, 0.5) is 5.69 Å². The lowest BCUT2D eigenvalue weighted by atomic mass is 10.0. The maximum Gasteiger partial charge on any atom is 0.253 e. The zero-order valence-corrected chi connectivity index (χ0v) is 11.8. The number of anilines is 1. The summed E-state index contributed by atoms with van der Waals surface area (Å²) in [5, 5.41) is 4.93. The molecule has 0 radical (unpaired) electrons. The van der Waals surface area contributed by atoms with E-state index >= 15 is 0 Å². The Kier molecular flexibility index (Phi) is 4.58. The summed E-state index contributed by atoms with van der Waals surface area (Å²) >= 11 is 0. The molecule has 4 heteroatoms. The summed E-state index contributed by atoms with van der Waals surface area (Å²) in [6.07, 6.45) is 0. The lowest BCUT2D eigenvalue weighted by Gasteiger charge is -2.15. The van der Waals surface area contributed by atoms with Gasteiger partial charge in [0.1, 0.15) is 0 Å². The van der Waals surface area contributed by atoms with Gasteiger partial charge >= 0.3 is 0 Å². The van der Waals surface area contributed by atoms with Crippen molar-refractivity contribution in [1.29, 1.82) is 0 Å². The van der Waals surface area contributed by atoms with E-state index in [1.165, 1.54) is 0 Å². The minimum absolute atomic E-state index is 0.0479. The average molecular weight is 272 g/mol. The van der Waals surface area contributed by atoms with E-state index in [-0.39, 0.29) is 11.9 Å². The Balaban J connectivity index is 2.19. The van der Waals surface area contributed by atoms with E-state index in [0.29, 0.717) is 24.5 Å².